The van der Waals surface area contributed by atoms with Gasteiger partial charge in [-0.25, -0.2) is 4.79 Å². The van der Waals surface area contributed by atoms with Gasteiger partial charge in [0, 0.05) is 18.8 Å². The molecule has 0 aliphatic rings. The summed E-state index contributed by atoms with van der Waals surface area (Å²) >= 11 is 0. The van der Waals surface area contributed by atoms with Crippen LogP contribution in [0.1, 0.15) is 25.3 Å². The molecule has 1 atom stereocenters. The third-order valence-corrected chi connectivity index (χ3v) is 2.67. The number of unbranched alkanes of at least 4 members (excludes halogenated alkanes) is 1. The number of carboxylic acid groups (broad SMARTS) is 1. The molecule has 100 valence electrons. The fourth-order valence-corrected chi connectivity index (χ4v) is 1.46. The molecule has 1 aromatic rings. The summed E-state index contributed by atoms with van der Waals surface area (Å²) in [6.45, 7) is 4.97. The Morgan fingerprint density at radius 3 is 2.61 bits per heavy atom. The van der Waals surface area contributed by atoms with Gasteiger partial charge in [-0.15, -0.1) is 0 Å². The van der Waals surface area contributed by atoms with Crippen LogP contribution in [0.5, 0.6) is 0 Å². The van der Waals surface area contributed by atoms with Gasteiger partial charge in [-0.1, -0.05) is 17.7 Å². The molecule has 0 aliphatic heterocycles. The van der Waals surface area contributed by atoms with Crippen molar-refractivity contribution in [3.05, 3.63) is 29.8 Å². The van der Waals surface area contributed by atoms with Crippen molar-refractivity contribution in [1.29, 1.82) is 0 Å². The maximum Gasteiger partial charge on any atom is 0.332 e. The zero-order valence-corrected chi connectivity index (χ0v) is 11.0. The Balaban J connectivity index is 2.05. The second-order valence-electron chi connectivity index (χ2n) is 4.35. The van der Waals surface area contributed by atoms with Gasteiger partial charge in [0.25, 0.3) is 0 Å². The van der Waals surface area contributed by atoms with Gasteiger partial charge in [-0.2, -0.15) is 0 Å². The molecule has 0 saturated heterocycles. The number of hydrogen-bond acceptors (Lipinski definition) is 3. The zero-order chi connectivity index (χ0) is 13.4. The summed E-state index contributed by atoms with van der Waals surface area (Å²) in [5.74, 6) is -0.909. The number of rotatable bonds is 8. The van der Waals surface area contributed by atoms with E-state index in [1.54, 1.807) is 6.92 Å². The van der Waals surface area contributed by atoms with Gasteiger partial charge >= 0.3 is 5.97 Å². The molecule has 18 heavy (non-hydrogen) atoms. The van der Waals surface area contributed by atoms with Crippen LogP contribution < -0.4 is 5.32 Å². The fraction of sp³-hybridized carbons (Fsp3) is 0.500. The lowest BCUT2D eigenvalue weighted by molar-refractivity contribution is -0.149. The third-order valence-electron chi connectivity index (χ3n) is 2.67. The van der Waals surface area contributed by atoms with E-state index < -0.39 is 12.1 Å². The van der Waals surface area contributed by atoms with Gasteiger partial charge in [-0.3, -0.25) is 0 Å². The molecular formula is C14H21NO3. The summed E-state index contributed by atoms with van der Waals surface area (Å²) in [6, 6.07) is 8.25. The SMILES string of the molecule is Cc1ccc(NCCCCOC(C)C(=O)O)cc1. The summed E-state index contributed by atoms with van der Waals surface area (Å²) in [5, 5.41) is 11.9. The van der Waals surface area contributed by atoms with Gasteiger partial charge < -0.3 is 15.2 Å². The van der Waals surface area contributed by atoms with E-state index in [0.717, 1.165) is 25.1 Å². The number of aliphatic carboxylic acids is 1. The minimum absolute atomic E-state index is 0.489. The van der Waals surface area contributed by atoms with Crippen molar-refractivity contribution < 1.29 is 14.6 Å². The van der Waals surface area contributed by atoms with Crippen molar-refractivity contribution in [3.63, 3.8) is 0 Å². The van der Waals surface area contributed by atoms with E-state index in [0.29, 0.717) is 6.61 Å². The summed E-state index contributed by atoms with van der Waals surface area (Å²) in [4.78, 5) is 10.5. The monoisotopic (exact) mass is 251 g/mol. The summed E-state index contributed by atoms with van der Waals surface area (Å²) in [5.41, 5.74) is 2.36. The molecule has 0 radical (unpaired) electrons. The molecule has 0 fully saturated rings. The number of carbonyl (C=O) groups is 1. The molecule has 0 spiro atoms. The summed E-state index contributed by atoms with van der Waals surface area (Å²) in [6.07, 6.45) is 1.10. The molecule has 0 heterocycles. The van der Waals surface area contributed by atoms with Gasteiger partial charge in [0.2, 0.25) is 0 Å². The highest BCUT2D eigenvalue weighted by molar-refractivity contribution is 5.71. The number of benzene rings is 1. The number of hydrogen-bond donors (Lipinski definition) is 2. The first-order valence-corrected chi connectivity index (χ1v) is 6.24. The van der Waals surface area contributed by atoms with Crippen LogP contribution in [0.4, 0.5) is 5.69 Å². The predicted molar refractivity (Wildman–Crippen MR) is 72.0 cm³/mol. The lowest BCUT2D eigenvalue weighted by Crippen LogP contribution is -2.20. The molecule has 4 heteroatoms. The minimum atomic E-state index is -0.909. The van der Waals surface area contributed by atoms with Crippen molar-refractivity contribution in [3.8, 4) is 0 Å². The number of carboxylic acids is 1. The highest BCUT2D eigenvalue weighted by Gasteiger charge is 2.09. The van der Waals surface area contributed by atoms with Crippen LogP contribution in [0.15, 0.2) is 24.3 Å². The maximum atomic E-state index is 10.5. The molecule has 1 rings (SSSR count). The molecule has 0 bridgehead atoms. The first-order chi connectivity index (χ1) is 8.59. The Labute approximate surface area is 108 Å². The van der Waals surface area contributed by atoms with Crippen molar-refractivity contribution in [2.24, 2.45) is 0 Å². The first kappa shape index (κ1) is 14.5. The second kappa shape index (κ2) is 7.71. The average molecular weight is 251 g/mol. The highest BCUT2D eigenvalue weighted by Crippen LogP contribution is 2.08. The van der Waals surface area contributed by atoms with Crippen LogP contribution in [-0.4, -0.2) is 30.3 Å². The van der Waals surface area contributed by atoms with E-state index in [-0.39, 0.29) is 0 Å². The normalized spacial score (nSPS) is 12.1. The van der Waals surface area contributed by atoms with E-state index in [1.165, 1.54) is 5.56 Å². The van der Waals surface area contributed by atoms with Crippen LogP contribution >= 0.6 is 0 Å². The Kier molecular flexibility index (Phi) is 6.22. The largest absolute Gasteiger partial charge is 0.479 e. The Hall–Kier alpha value is -1.55. The summed E-state index contributed by atoms with van der Waals surface area (Å²) < 4.78 is 5.14. The quantitative estimate of drug-likeness (QED) is 0.697. The Morgan fingerprint density at radius 1 is 1.33 bits per heavy atom. The maximum absolute atomic E-state index is 10.5. The predicted octanol–water partition coefficient (Wildman–Crippen LogP) is 2.68. The van der Waals surface area contributed by atoms with Crippen molar-refractivity contribution in [2.45, 2.75) is 32.8 Å². The van der Waals surface area contributed by atoms with Gasteiger partial charge in [0.15, 0.2) is 6.10 Å². The molecule has 4 nitrogen and oxygen atoms in total. The molecule has 0 aromatic heterocycles. The lowest BCUT2D eigenvalue weighted by Gasteiger charge is -2.09. The van der Waals surface area contributed by atoms with Crippen molar-refractivity contribution >= 4 is 11.7 Å². The molecule has 1 aromatic carbocycles. The van der Waals surface area contributed by atoms with Crippen LogP contribution in [0.2, 0.25) is 0 Å². The van der Waals surface area contributed by atoms with E-state index in [9.17, 15) is 4.79 Å². The second-order valence-corrected chi connectivity index (χ2v) is 4.35. The number of aryl methyl sites for hydroxylation is 1. The lowest BCUT2D eigenvalue weighted by atomic mass is 10.2. The number of anilines is 1. The van der Waals surface area contributed by atoms with Crippen molar-refractivity contribution in [1.82, 2.24) is 0 Å². The number of ether oxygens (including phenoxy) is 1. The zero-order valence-electron chi connectivity index (χ0n) is 11.0. The molecule has 0 saturated carbocycles. The fourth-order valence-electron chi connectivity index (χ4n) is 1.46. The molecule has 0 amide bonds. The highest BCUT2D eigenvalue weighted by atomic mass is 16.5. The van der Waals surface area contributed by atoms with E-state index >= 15 is 0 Å². The van der Waals surface area contributed by atoms with Crippen LogP contribution in [0.3, 0.4) is 0 Å². The van der Waals surface area contributed by atoms with Crippen LogP contribution in [0.25, 0.3) is 0 Å². The first-order valence-electron chi connectivity index (χ1n) is 6.24. The Morgan fingerprint density at radius 2 is 2.00 bits per heavy atom. The van der Waals surface area contributed by atoms with Crippen molar-refractivity contribution in [2.75, 3.05) is 18.5 Å². The molecular weight excluding hydrogens is 230 g/mol. The van der Waals surface area contributed by atoms with Gasteiger partial charge in [-0.05, 0) is 38.8 Å². The standard InChI is InChI=1S/C14H21NO3/c1-11-5-7-13(8-6-11)15-9-3-4-10-18-12(2)14(16)17/h5-8,12,15H,3-4,9-10H2,1-2H3,(H,16,17). The Bertz CT molecular complexity index is 362. The van der Waals surface area contributed by atoms with E-state index in [2.05, 4.69) is 36.5 Å². The van der Waals surface area contributed by atoms with Crippen LogP contribution in [0, 0.1) is 6.92 Å². The van der Waals surface area contributed by atoms with Crippen LogP contribution in [-0.2, 0) is 9.53 Å². The minimum Gasteiger partial charge on any atom is -0.479 e. The average Bonchev–Trinajstić information content (AvgIpc) is 2.35. The molecule has 1 unspecified atom stereocenters. The van der Waals surface area contributed by atoms with E-state index in [4.69, 9.17) is 9.84 Å². The third kappa shape index (κ3) is 5.68. The topological polar surface area (TPSA) is 58.6 Å². The van der Waals surface area contributed by atoms with Gasteiger partial charge in [0.05, 0.1) is 0 Å². The van der Waals surface area contributed by atoms with Gasteiger partial charge in [0.1, 0.15) is 0 Å². The summed E-state index contributed by atoms with van der Waals surface area (Å²) in [7, 11) is 0. The number of nitrogens with one attached hydrogen (secondary N) is 1. The smallest absolute Gasteiger partial charge is 0.332 e. The van der Waals surface area contributed by atoms with E-state index in [1.807, 2.05) is 0 Å². The molecule has 0 aliphatic carbocycles. The molecule has 2 N–H and O–H groups in total.